The zero-order valence-corrected chi connectivity index (χ0v) is 42.9. The zero-order chi connectivity index (χ0) is 44.9. The van der Waals surface area contributed by atoms with Crippen molar-refractivity contribution in [2.45, 2.75) is 354 Å². The molecular formula is C59H116O3. The molecule has 0 radical (unpaired) electrons. The summed E-state index contributed by atoms with van der Waals surface area (Å²) in [5.74, 6) is -1.39. The van der Waals surface area contributed by atoms with Crippen molar-refractivity contribution in [1.82, 2.24) is 0 Å². The monoisotopic (exact) mass is 873 g/mol. The predicted molar refractivity (Wildman–Crippen MR) is 278 cm³/mol. The largest absolute Gasteiger partial charge is 0.481 e. The molecule has 0 saturated carbocycles. The lowest BCUT2D eigenvalue weighted by molar-refractivity contribution is -0.146. The van der Waals surface area contributed by atoms with Gasteiger partial charge >= 0.3 is 5.97 Å². The SMILES string of the molecule is CCCCCCCCCCCCCCCCCCCC/C=C\CCCCCCCCCCCCC(O)C(CCCCCCCCCCCCCCCCCCCCCC)C(=O)O. The Morgan fingerprint density at radius 2 is 0.500 bits per heavy atom. The summed E-state index contributed by atoms with van der Waals surface area (Å²) >= 11 is 0. The van der Waals surface area contributed by atoms with Crippen LogP contribution in [0.25, 0.3) is 0 Å². The molecule has 62 heavy (non-hydrogen) atoms. The minimum absolute atomic E-state index is 0.584. The Bertz CT molecular complexity index is 852. The van der Waals surface area contributed by atoms with Crippen LogP contribution in [0.2, 0.25) is 0 Å². The van der Waals surface area contributed by atoms with Gasteiger partial charge in [-0.3, -0.25) is 4.79 Å². The molecule has 0 heterocycles. The van der Waals surface area contributed by atoms with Crippen LogP contribution in [0.4, 0.5) is 0 Å². The van der Waals surface area contributed by atoms with Crippen molar-refractivity contribution in [1.29, 1.82) is 0 Å². The van der Waals surface area contributed by atoms with Crippen molar-refractivity contribution in [3.05, 3.63) is 12.2 Å². The summed E-state index contributed by atoms with van der Waals surface area (Å²) in [6.45, 7) is 4.60. The Kier molecular flexibility index (Phi) is 53.8. The van der Waals surface area contributed by atoms with Gasteiger partial charge in [0.05, 0.1) is 12.0 Å². The maximum absolute atomic E-state index is 11.9. The van der Waals surface area contributed by atoms with Crippen LogP contribution >= 0.6 is 0 Å². The number of carbonyl (C=O) groups is 1. The van der Waals surface area contributed by atoms with Gasteiger partial charge in [0.15, 0.2) is 0 Å². The lowest BCUT2D eigenvalue weighted by atomic mass is 9.91. The molecule has 2 N–H and O–H groups in total. The average Bonchev–Trinajstić information content (AvgIpc) is 3.27. The van der Waals surface area contributed by atoms with E-state index < -0.39 is 18.0 Å². The first-order valence-corrected chi connectivity index (χ1v) is 29.2. The third-order valence-electron chi connectivity index (χ3n) is 14.2. The van der Waals surface area contributed by atoms with E-state index in [2.05, 4.69) is 26.0 Å². The van der Waals surface area contributed by atoms with Crippen LogP contribution in [-0.4, -0.2) is 22.3 Å². The number of unbranched alkanes of at least 4 members (excludes halogenated alkanes) is 47. The Labute approximate surface area is 391 Å². The van der Waals surface area contributed by atoms with Crippen molar-refractivity contribution in [3.8, 4) is 0 Å². The number of carboxylic acids is 1. The summed E-state index contributed by atoms with van der Waals surface area (Å²) in [4.78, 5) is 11.9. The molecular weight excluding hydrogens is 757 g/mol. The Morgan fingerprint density at radius 3 is 0.726 bits per heavy atom. The smallest absolute Gasteiger partial charge is 0.309 e. The van der Waals surface area contributed by atoms with Crippen molar-refractivity contribution in [2.24, 2.45) is 5.92 Å². The second kappa shape index (κ2) is 54.5. The topological polar surface area (TPSA) is 57.5 Å². The van der Waals surface area contributed by atoms with Crippen molar-refractivity contribution in [2.75, 3.05) is 0 Å². The van der Waals surface area contributed by atoms with Crippen molar-refractivity contribution < 1.29 is 15.0 Å². The molecule has 3 heteroatoms. The Balaban J connectivity index is 3.41. The minimum Gasteiger partial charge on any atom is -0.481 e. The second-order valence-corrected chi connectivity index (χ2v) is 20.4. The van der Waals surface area contributed by atoms with Crippen LogP contribution in [0, 0.1) is 5.92 Å². The van der Waals surface area contributed by atoms with Gasteiger partial charge in [-0.05, 0) is 38.5 Å². The van der Waals surface area contributed by atoms with Crippen molar-refractivity contribution >= 4 is 5.97 Å². The Morgan fingerprint density at radius 1 is 0.306 bits per heavy atom. The third kappa shape index (κ3) is 50.2. The van der Waals surface area contributed by atoms with E-state index in [0.717, 1.165) is 25.7 Å². The van der Waals surface area contributed by atoms with Gasteiger partial charge in [-0.1, -0.05) is 321 Å². The van der Waals surface area contributed by atoms with E-state index in [1.165, 1.54) is 295 Å². The first kappa shape index (κ1) is 61.2. The van der Waals surface area contributed by atoms with Gasteiger partial charge in [0.25, 0.3) is 0 Å². The van der Waals surface area contributed by atoms with Crippen LogP contribution < -0.4 is 0 Å². The summed E-state index contributed by atoms with van der Waals surface area (Å²) in [6, 6.07) is 0. The molecule has 2 atom stereocenters. The summed E-state index contributed by atoms with van der Waals surface area (Å²) in [7, 11) is 0. The number of aliphatic carboxylic acids is 1. The molecule has 0 amide bonds. The minimum atomic E-state index is -0.803. The molecule has 0 aliphatic heterocycles. The van der Waals surface area contributed by atoms with Gasteiger partial charge in [-0.2, -0.15) is 0 Å². The second-order valence-electron chi connectivity index (χ2n) is 20.4. The summed E-state index contributed by atoms with van der Waals surface area (Å²) in [6.07, 6.45) is 73.8. The molecule has 2 unspecified atom stereocenters. The number of rotatable bonds is 55. The van der Waals surface area contributed by atoms with E-state index >= 15 is 0 Å². The summed E-state index contributed by atoms with van der Waals surface area (Å²) in [5.41, 5.74) is 0. The first-order chi connectivity index (χ1) is 30.6. The molecule has 0 fully saturated rings. The molecule has 0 spiro atoms. The summed E-state index contributed by atoms with van der Waals surface area (Å²) < 4.78 is 0. The molecule has 0 aromatic heterocycles. The van der Waals surface area contributed by atoms with Gasteiger partial charge in [0, 0.05) is 0 Å². The highest BCUT2D eigenvalue weighted by Gasteiger charge is 2.25. The van der Waals surface area contributed by atoms with Crippen LogP contribution in [0.5, 0.6) is 0 Å². The van der Waals surface area contributed by atoms with E-state index in [9.17, 15) is 15.0 Å². The number of aliphatic hydroxyl groups is 1. The first-order valence-electron chi connectivity index (χ1n) is 29.2. The van der Waals surface area contributed by atoms with Crippen LogP contribution in [0.1, 0.15) is 348 Å². The number of aliphatic hydroxyl groups excluding tert-OH is 1. The highest BCUT2D eigenvalue weighted by atomic mass is 16.4. The Hall–Kier alpha value is -0.830. The zero-order valence-electron chi connectivity index (χ0n) is 42.9. The number of hydrogen-bond acceptors (Lipinski definition) is 2. The van der Waals surface area contributed by atoms with Gasteiger partial charge < -0.3 is 10.2 Å². The lowest BCUT2D eigenvalue weighted by Gasteiger charge is -2.19. The normalized spacial score (nSPS) is 12.8. The average molecular weight is 874 g/mol. The van der Waals surface area contributed by atoms with E-state index in [1.807, 2.05) is 0 Å². The standard InChI is InChI=1S/C59H116O3/c1-3-5-7-9-11-13-15-17-19-21-23-25-26-27-28-29-30-31-32-33-34-35-36-38-40-42-44-46-48-50-52-54-56-58(60)57(59(61)62)55-53-51-49-47-45-43-41-39-37-24-22-20-18-16-14-12-10-8-6-4-2/h33-34,57-58,60H,3-32,35-56H2,1-2H3,(H,61,62)/b34-33-. The third-order valence-corrected chi connectivity index (χ3v) is 14.2. The van der Waals surface area contributed by atoms with E-state index in [-0.39, 0.29) is 0 Å². The van der Waals surface area contributed by atoms with Crippen LogP contribution in [0.3, 0.4) is 0 Å². The molecule has 370 valence electrons. The van der Waals surface area contributed by atoms with E-state index in [1.54, 1.807) is 0 Å². The maximum Gasteiger partial charge on any atom is 0.309 e. The van der Waals surface area contributed by atoms with E-state index in [4.69, 9.17) is 0 Å². The van der Waals surface area contributed by atoms with Gasteiger partial charge in [0.2, 0.25) is 0 Å². The molecule has 0 bridgehead atoms. The molecule has 0 rings (SSSR count). The van der Waals surface area contributed by atoms with Crippen molar-refractivity contribution in [3.63, 3.8) is 0 Å². The highest BCUT2D eigenvalue weighted by Crippen LogP contribution is 2.22. The predicted octanol–water partition coefficient (Wildman–Crippen LogP) is 20.9. The number of allylic oxidation sites excluding steroid dienone is 2. The van der Waals surface area contributed by atoms with Gasteiger partial charge in [0.1, 0.15) is 0 Å². The highest BCUT2D eigenvalue weighted by molar-refractivity contribution is 5.70. The van der Waals surface area contributed by atoms with Gasteiger partial charge in [-0.25, -0.2) is 0 Å². The quantitative estimate of drug-likeness (QED) is 0.0473. The molecule has 0 aromatic rings. The fourth-order valence-electron chi connectivity index (χ4n) is 9.73. The fraction of sp³-hybridized carbons (Fsp3) is 0.949. The summed E-state index contributed by atoms with van der Waals surface area (Å²) in [5, 5.41) is 20.4. The molecule has 0 aliphatic rings. The van der Waals surface area contributed by atoms with Crippen LogP contribution in [0.15, 0.2) is 12.2 Å². The molecule has 0 saturated heterocycles. The molecule has 0 aromatic carbocycles. The lowest BCUT2D eigenvalue weighted by Crippen LogP contribution is -2.28. The molecule has 3 nitrogen and oxygen atoms in total. The van der Waals surface area contributed by atoms with Crippen LogP contribution in [-0.2, 0) is 4.79 Å². The molecule has 0 aliphatic carbocycles. The number of carboxylic acid groups (broad SMARTS) is 1. The maximum atomic E-state index is 11.9. The fourth-order valence-corrected chi connectivity index (χ4v) is 9.73. The van der Waals surface area contributed by atoms with E-state index in [0.29, 0.717) is 12.8 Å². The van der Waals surface area contributed by atoms with Gasteiger partial charge in [-0.15, -0.1) is 0 Å². The number of hydrogen-bond donors (Lipinski definition) is 2.